The fourth-order valence-corrected chi connectivity index (χ4v) is 4.68. The van der Waals surface area contributed by atoms with Crippen LogP contribution in [0, 0.1) is 5.92 Å². The Morgan fingerprint density at radius 3 is 2.42 bits per heavy atom. The van der Waals surface area contributed by atoms with E-state index in [1.165, 1.54) is 10.7 Å². The lowest BCUT2D eigenvalue weighted by molar-refractivity contribution is -0.134. The van der Waals surface area contributed by atoms with E-state index in [4.69, 9.17) is 31.6 Å². The highest BCUT2D eigenvalue weighted by Crippen LogP contribution is 2.37. The highest BCUT2D eigenvalue weighted by molar-refractivity contribution is 7.51. The van der Waals surface area contributed by atoms with Crippen molar-refractivity contribution in [2.45, 2.75) is 70.7 Å². The fourth-order valence-electron chi connectivity index (χ4n) is 4.07. The Balaban J connectivity index is 0.00000145. The zero-order valence-electron chi connectivity index (χ0n) is 19.8. The summed E-state index contributed by atoms with van der Waals surface area (Å²) in [6, 6.07) is 4.64. The number of aryl methyl sites for hydroxylation is 2. The first kappa shape index (κ1) is 30.3. The standard InChI is InChI=1S/C23H28Cl2F3N3O2.O2S/c1-3-31-20(16-5-4-15(12-17(16)24)8-11-23(26,27)28)18(25)19(30-31)21(32)29-13-22(33)9-6-14(2)7-10-22;1-3-2/h4-5,12,14,33H,3,6-11,13H2,1-2H3,(H,29,32);. The molecule has 200 valence electrons. The van der Waals surface area contributed by atoms with Crippen LogP contribution in [0.3, 0.4) is 0 Å². The number of rotatable bonds is 7. The summed E-state index contributed by atoms with van der Waals surface area (Å²) in [5, 5.41) is 18.1. The number of amides is 1. The van der Waals surface area contributed by atoms with Gasteiger partial charge in [0, 0.05) is 25.1 Å². The molecular weight excluding hydrogens is 542 g/mol. The smallest absolute Gasteiger partial charge is 0.388 e. The Morgan fingerprint density at radius 2 is 1.89 bits per heavy atom. The number of halogens is 5. The summed E-state index contributed by atoms with van der Waals surface area (Å²) in [5.74, 6) is 0.0567. The molecule has 1 aliphatic carbocycles. The van der Waals surface area contributed by atoms with Crippen LogP contribution in [-0.4, -0.2) is 47.5 Å². The predicted octanol–water partition coefficient (Wildman–Crippen LogP) is 5.37. The van der Waals surface area contributed by atoms with Crippen molar-refractivity contribution in [1.82, 2.24) is 15.1 Å². The number of alkyl halides is 3. The average Bonchev–Trinajstić information content (AvgIpc) is 3.14. The number of nitrogens with zero attached hydrogens (tertiary/aromatic N) is 2. The van der Waals surface area contributed by atoms with E-state index in [9.17, 15) is 23.1 Å². The molecule has 1 aromatic heterocycles. The molecule has 36 heavy (non-hydrogen) atoms. The zero-order chi connectivity index (χ0) is 27.1. The first-order valence-electron chi connectivity index (χ1n) is 11.4. The van der Waals surface area contributed by atoms with E-state index in [0.717, 1.165) is 12.8 Å². The molecular formula is C23H28Cl2F3N3O4S. The molecule has 0 spiro atoms. The summed E-state index contributed by atoms with van der Waals surface area (Å²) in [5.41, 5.74) is 0.416. The second-order valence-electron chi connectivity index (χ2n) is 8.91. The summed E-state index contributed by atoms with van der Waals surface area (Å²) in [6.07, 6.45) is -2.33. The maximum Gasteiger partial charge on any atom is 0.389 e. The van der Waals surface area contributed by atoms with Crippen LogP contribution in [0.2, 0.25) is 10.0 Å². The Kier molecular flexibility index (Phi) is 11.0. The predicted molar refractivity (Wildman–Crippen MR) is 132 cm³/mol. The molecule has 1 heterocycles. The topological polar surface area (TPSA) is 101 Å². The Morgan fingerprint density at radius 1 is 1.28 bits per heavy atom. The largest absolute Gasteiger partial charge is 0.389 e. The maximum absolute atomic E-state index is 12.8. The molecule has 1 aliphatic rings. The molecule has 0 unspecified atom stereocenters. The Labute approximate surface area is 221 Å². The van der Waals surface area contributed by atoms with Crippen LogP contribution in [0.4, 0.5) is 13.2 Å². The number of hydrogen-bond donors (Lipinski definition) is 2. The number of hydrogen-bond acceptors (Lipinski definition) is 5. The summed E-state index contributed by atoms with van der Waals surface area (Å²) < 4.78 is 55.7. The van der Waals surface area contributed by atoms with Crippen molar-refractivity contribution >= 4 is 40.7 Å². The van der Waals surface area contributed by atoms with Crippen LogP contribution < -0.4 is 5.32 Å². The van der Waals surface area contributed by atoms with E-state index in [2.05, 4.69) is 17.3 Å². The molecule has 3 rings (SSSR count). The van der Waals surface area contributed by atoms with Gasteiger partial charge in [0.05, 0.1) is 21.3 Å². The molecule has 0 saturated heterocycles. The van der Waals surface area contributed by atoms with Gasteiger partial charge in [-0.3, -0.25) is 9.48 Å². The van der Waals surface area contributed by atoms with Crippen molar-refractivity contribution in [2.24, 2.45) is 5.92 Å². The third kappa shape index (κ3) is 8.29. The van der Waals surface area contributed by atoms with Crippen molar-refractivity contribution in [2.75, 3.05) is 6.54 Å². The van der Waals surface area contributed by atoms with Crippen LogP contribution in [0.15, 0.2) is 18.2 Å². The van der Waals surface area contributed by atoms with Crippen molar-refractivity contribution < 1.29 is 31.5 Å². The second-order valence-corrected chi connectivity index (χ2v) is 9.84. The minimum Gasteiger partial charge on any atom is -0.388 e. The fraction of sp³-hybridized carbons (Fsp3) is 0.565. The van der Waals surface area contributed by atoms with E-state index in [1.807, 2.05) is 6.92 Å². The molecule has 1 fully saturated rings. The van der Waals surface area contributed by atoms with Crippen molar-refractivity contribution in [3.63, 3.8) is 0 Å². The monoisotopic (exact) mass is 569 g/mol. The Bertz CT molecular complexity index is 1100. The SMILES string of the molecule is CCn1nc(C(=O)NCC2(O)CCC(C)CC2)c(Cl)c1-c1ccc(CCC(F)(F)F)cc1Cl.O=S=O. The molecule has 0 bridgehead atoms. The van der Waals surface area contributed by atoms with Crippen molar-refractivity contribution in [1.29, 1.82) is 0 Å². The second kappa shape index (κ2) is 13.0. The van der Waals surface area contributed by atoms with Crippen LogP contribution in [0.25, 0.3) is 11.3 Å². The number of aliphatic hydroxyl groups is 1. The lowest BCUT2D eigenvalue weighted by Gasteiger charge is -2.34. The van der Waals surface area contributed by atoms with Gasteiger partial charge in [-0.2, -0.15) is 26.7 Å². The number of nitrogens with one attached hydrogen (secondary N) is 1. The van der Waals surface area contributed by atoms with Crippen LogP contribution in [0.1, 0.15) is 62.0 Å². The first-order chi connectivity index (χ1) is 16.8. The molecule has 0 atom stereocenters. The molecule has 0 aliphatic heterocycles. The van der Waals surface area contributed by atoms with E-state index < -0.39 is 35.7 Å². The number of carbonyl (C=O) groups is 1. The number of benzene rings is 1. The van der Waals surface area contributed by atoms with Gasteiger partial charge in [-0.1, -0.05) is 42.3 Å². The minimum absolute atomic E-state index is 0.0125. The summed E-state index contributed by atoms with van der Waals surface area (Å²) in [7, 11) is 0. The van der Waals surface area contributed by atoms with Gasteiger partial charge < -0.3 is 10.4 Å². The van der Waals surface area contributed by atoms with E-state index in [1.54, 1.807) is 12.1 Å². The third-order valence-electron chi connectivity index (χ3n) is 6.18. The van der Waals surface area contributed by atoms with Crippen molar-refractivity contribution in [3.8, 4) is 11.3 Å². The van der Waals surface area contributed by atoms with Crippen molar-refractivity contribution in [3.05, 3.63) is 39.5 Å². The van der Waals surface area contributed by atoms with Crippen LogP contribution in [-0.2, 0) is 24.5 Å². The van der Waals surface area contributed by atoms with Gasteiger partial charge in [-0.05, 0) is 56.6 Å². The lowest BCUT2D eigenvalue weighted by Crippen LogP contribution is -2.45. The summed E-state index contributed by atoms with van der Waals surface area (Å²) >= 11 is 12.2. The molecule has 2 N–H and O–H groups in total. The molecule has 2 aromatic rings. The average molecular weight is 570 g/mol. The maximum atomic E-state index is 12.8. The van der Waals surface area contributed by atoms with Gasteiger partial charge in [0.1, 0.15) is 0 Å². The quantitative estimate of drug-likeness (QED) is 0.466. The highest BCUT2D eigenvalue weighted by atomic mass is 35.5. The number of carbonyl (C=O) groups excluding carboxylic acids is 1. The number of aromatic nitrogens is 2. The molecule has 1 saturated carbocycles. The van der Waals surface area contributed by atoms with Gasteiger partial charge in [-0.25, -0.2) is 0 Å². The molecule has 1 aromatic carbocycles. The van der Waals surface area contributed by atoms with E-state index in [0.29, 0.717) is 42.1 Å². The molecule has 1 amide bonds. The van der Waals surface area contributed by atoms with Gasteiger partial charge in [-0.15, -0.1) is 0 Å². The highest BCUT2D eigenvalue weighted by Gasteiger charge is 2.33. The normalized spacial score (nSPS) is 19.8. The van der Waals surface area contributed by atoms with E-state index >= 15 is 0 Å². The first-order valence-corrected chi connectivity index (χ1v) is 12.8. The van der Waals surface area contributed by atoms with Crippen LogP contribution >= 0.6 is 23.2 Å². The Hall–Kier alpha value is -1.95. The molecule has 0 radical (unpaired) electrons. The lowest BCUT2D eigenvalue weighted by atomic mass is 9.79. The molecule has 7 nitrogen and oxygen atoms in total. The van der Waals surface area contributed by atoms with Gasteiger partial charge in [0.2, 0.25) is 0 Å². The zero-order valence-corrected chi connectivity index (χ0v) is 22.2. The molecule has 13 heteroatoms. The van der Waals surface area contributed by atoms with Gasteiger partial charge in [0.15, 0.2) is 5.69 Å². The minimum atomic E-state index is -4.25. The van der Waals surface area contributed by atoms with E-state index in [-0.39, 0.29) is 28.7 Å². The summed E-state index contributed by atoms with van der Waals surface area (Å²) in [6.45, 7) is 4.48. The van der Waals surface area contributed by atoms with Gasteiger partial charge in [0.25, 0.3) is 5.91 Å². The van der Waals surface area contributed by atoms with Crippen LogP contribution in [0.5, 0.6) is 0 Å². The van der Waals surface area contributed by atoms with Gasteiger partial charge >= 0.3 is 17.7 Å². The summed E-state index contributed by atoms with van der Waals surface area (Å²) in [4.78, 5) is 12.8. The third-order valence-corrected chi connectivity index (χ3v) is 6.85.